The van der Waals surface area contributed by atoms with Crippen LogP contribution in [0, 0.1) is 0 Å². The number of benzene rings is 16. The van der Waals surface area contributed by atoms with E-state index in [4.69, 9.17) is 0 Å². The summed E-state index contributed by atoms with van der Waals surface area (Å²) >= 11 is 0. The number of rotatable bonds is 6. The number of nitrogens with zero attached hydrogens (tertiary/aromatic N) is 6. The molecule has 4 aliphatic heterocycles. The molecule has 0 spiro atoms. The van der Waals surface area contributed by atoms with Crippen molar-refractivity contribution in [3.63, 3.8) is 0 Å². The van der Waals surface area contributed by atoms with Gasteiger partial charge in [-0.05, 0) is 186 Å². The van der Waals surface area contributed by atoms with Gasteiger partial charge < -0.3 is 28.7 Å². The average molecular weight is 1240 g/mol. The minimum absolute atomic E-state index is 0.136. The fourth-order valence-electron chi connectivity index (χ4n) is 17.9. The first-order valence-electron chi connectivity index (χ1n) is 34.1. The van der Waals surface area contributed by atoms with E-state index in [0.717, 1.165) is 56.9 Å². The molecule has 98 heavy (non-hydrogen) atoms. The highest BCUT2D eigenvalue weighted by Gasteiger charge is 2.47. The molecule has 6 heterocycles. The van der Waals surface area contributed by atoms with Crippen LogP contribution in [0.3, 0.4) is 0 Å². The molecule has 0 aliphatic carbocycles. The van der Waals surface area contributed by atoms with Crippen molar-refractivity contribution in [1.82, 2.24) is 9.13 Å². The molecule has 8 heteroatoms. The number of fused-ring (bicyclic) bond motifs is 20. The Hall–Kier alpha value is -12.8. The third-order valence-electron chi connectivity index (χ3n) is 21.7. The molecule has 0 bridgehead atoms. The quantitative estimate of drug-likeness (QED) is 0.122. The number of hydrogen-bond acceptors (Lipinski definition) is 4. The molecule has 2 aromatic heterocycles. The maximum atomic E-state index is 2.62. The van der Waals surface area contributed by atoms with Gasteiger partial charge in [0.2, 0.25) is 0 Å². The lowest BCUT2D eigenvalue weighted by Crippen LogP contribution is -2.61. The highest BCUT2D eigenvalue weighted by atomic mass is 15.2. The van der Waals surface area contributed by atoms with Gasteiger partial charge in [0, 0.05) is 89.8 Å². The standard InChI is InChI=1S/C90H56B2N6/c1-5-27-57(28-6-1)93-81-47-25-19-41-73(81)91-75-53-69-70-54-76-84(56-72(70)64-36-14-13-35-63(64)71(69)55-83(75)95(59-31-9-3-10-32-59)87-51-61(49-85(93)89(87)91)97-77-43-21-15-37-65(77)66-38-16-22-44-78(66)97)96(60-33-11-4-12-34-60)88-52-62(98-79-45-23-17-39-67(79)68-40-18-24-46-80(68)98)50-86-90(88)92(76)74-42-20-26-48-82(74)94(86)58-29-7-2-8-30-58/h1-56H. The van der Waals surface area contributed by atoms with Crippen molar-refractivity contribution in [2.75, 3.05) is 19.6 Å². The van der Waals surface area contributed by atoms with Gasteiger partial charge in [-0.15, -0.1) is 0 Å². The van der Waals surface area contributed by atoms with Gasteiger partial charge in [-0.2, -0.15) is 0 Å². The Kier molecular flexibility index (Phi) is 11.1. The molecule has 0 atom stereocenters. The molecule has 6 nitrogen and oxygen atoms in total. The molecule has 0 N–H and O–H groups in total. The van der Waals surface area contributed by atoms with E-state index in [1.807, 2.05) is 0 Å². The zero-order chi connectivity index (χ0) is 63.8. The Morgan fingerprint density at radius 2 is 0.418 bits per heavy atom. The van der Waals surface area contributed by atoms with Crippen molar-refractivity contribution in [3.8, 4) is 11.4 Å². The van der Waals surface area contributed by atoms with Crippen LogP contribution in [-0.4, -0.2) is 22.6 Å². The topological polar surface area (TPSA) is 22.8 Å². The fourth-order valence-corrected chi connectivity index (χ4v) is 17.9. The van der Waals surface area contributed by atoms with E-state index in [1.54, 1.807) is 0 Å². The van der Waals surface area contributed by atoms with Crippen LogP contribution >= 0.6 is 0 Å². The van der Waals surface area contributed by atoms with Gasteiger partial charge in [-0.3, -0.25) is 0 Å². The van der Waals surface area contributed by atoms with Crippen molar-refractivity contribution in [2.24, 2.45) is 0 Å². The maximum Gasteiger partial charge on any atom is 0.252 e. The largest absolute Gasteiger partial charge is 0.311 e. The minimum Gasteiger partial charge on any atom is -0.311 e. The molecular weight excluding hydrogens is 1190 g/mol. The van der Waals surface area contributed by atoms with Crippen molar-refractivity contribution in [2.45, 2.75) is 0 Å². The second kappa shape index (κ2) is 20.4. The van der Waals surface area contributed by atoms with Gasteiger partial charge in [0.25, 0.3) is 13.4 Å². The first-order valence-corrected chi connectivity index (χ1v) is 34.1. The van der Waals surface area contributed by atoms with E-state index in [-0.39, 0.29) is 13.4 Å². The SMILES string of the molecule is c1ccc(N2c3ccccc3B3c4cc5c6cc7c(cc6c6ccccc6c5cc4N(c4ccccc4)c4cc(-n5c6ccccc6c6ccccc65)cc2c43)N(c2ccccc2)c2cc(-n3c4ccccc4c4ccccc43)cc3c2B7c2ccccc2N3c2ccccc2)cc1. The predicted octanol–water partition coefficient (Wildman–Crippen LogP) is 19.5. The van der Waals surface area contributed by atoms with Crippen molar-refractivity contribution < 1.29 is 0 Å². The Morgan fingerprint density at radius 3 is 0.745 bits per heavy atom. The summed E-state index contributed by atoms with van der Waals surface area (Å²) in [6.45, 7) is -0.273. The Balaban J connectivity index is 0.854. The van der Waals surface area contributed by atoms with Gasteiger partial charge in [-0.25, -0.2) is 0 Å². The van der Waals surface area contributed by atoms with Gasteiger partial charge in [-0.1, -0.05) is 218 Å². The number of anilines is 12. The van der Waals surface area contributed by atoms with Crippen molar-refractivity contribution in [3.05, 3.63) is 340 Å². The summed E-state index contributed by atoms with van der Waals surface area (Å²) in [4.78, 5) is 10.2. The predicted molar refractivity (Wildman–Crippen MR) is 416 cm³/mol. The van der Waals surface area contributed by atoms with Gasteiger partial charge in [0.05, 0.1) is 33.4 Å². The first kappa shape index (κ1) is 53.6. The molecule has 0 saturated heterocycles. The van der Waals surface area contributed by atoms with Crippen molar-refractivity contribution in [1.29, 1.82) is 0 Å². The van der Waals surface area contributed by atoms with Gasteiger partial charge >= 0.3 is 0 Å². The lowest BCUT2D eigenvalue weighted by molar-refractivity contribution is 1.16. The van der Waals surface area contributed by atoms with Crippen LogP contribution in [0.1, 0.15) is 0 Å². The summed E-state index contributed by atoms with van der Waals surface area (Å²) in [6, 6.07) is 128. The van der Waals surface area contributed by atoms with Crippen LogP contribution < -0.4 is 52.4 Å². The normalized spacial score (nSPS) is 13.4. The summed E-state index contributed by atoms with van der Waals surface area (Å²) in [5, 5.41) is 12.3. The Labute approximate surface area is 566 Å². The van der Waals surface area contributed by atoms with E-state index in [1.165, 1.54) is 131 Å². The monoisotopic (exact) mass is 1240 g/mol. The third-order valence-corrected chi connectivity index (χ3v) is 21.7. The van der Waals surface area contributed by atoms with E-state index >= 15 is 0 Å². The molecule has 22 rings (SSSR count). The van der Waals surface area contributed by atoms with Crippen LogP contribution in [-0.2, 0) is 0 Å². The van der Waals surface area contributed by atoms with E-state index in [2.05, 4.69) is 368 Å². The van der Waals surface area contributed by atoms with Crippen LogP contribution in [0.5, 0.6) is 0 Å². The summed E-state index contributed by atoms with van der Waals surface area (Å²) < 4.78 is 4.99. The Bertz CT molecular complexity index is 5930. The lowest BCUT2D eigenvalue weighted by Gasteiger charge is -2.45. The summed E-state index contributed by atoms with van der Waals surface area (Å²) in [7, 11) is 0. The fraction of sp³-hybridized carbons (Fsp3) is 0. The average Bonchev–Trinajstić information content (AvgIpc) is 0.748. The van der Waals surface area contributed by atoms with Crippen LogP contribution in [0.25, 0.3) is 87.3 Å². The zero-order valence-corrected chi connectivity index (χ0v) is 53.2. The third kappa shape index (κ3) is 7.38. The molecule has 0 saturated carbocycles. The molecule has 0 unspecified atom stereocenters. The first-order chi connectivity index (χ1) is 48.7. The van der Waals surface area contributed by atoms with E-state index in [9.17, 15) is 0 Å². The molecule has 0 radical (unpaired) electrons. The maximum absolute atomic E-state index is 2.62. The van der Waals surface area contributed by atoms with Gasteiger partial charge in [0.15, 0.2) is 0 Å². The molecule has 0 fully saturated rings. The number of para-hydroxylation sites is 10. The van der Waals surface area contributed by atoms with Crippen LogP contribution in [0.4, 0.5) is 68.2 Å². The molecule has 16 aromatic carbocycles. The second-order valence-electron chi connectivity index (χ2n) is 26.7. The smallest absolute Gasteiger partial charge is 0.252 e. The number of aromatic nitrogens is 2. The molecular formula is C90H56B2N6. The summed E-state index contributed by atoms with van der Waals surface area (Å²) in [6.07, 6.45) is 0. The second-order valence-corrected chi connectivity index (χ2v) is 26.7. The highest BCUT2D eigenvalue weighted by molar-refractivity contribution is 7.01. The summed E-state index contributed by atoms with van der Waals surface area (Å²) in [5.41, 5.74) is 28.4. The van der Waals surface area contributed by atoms with Crippen LogP contribution in [0.2, 0.25) is 0 Å². The molecule has 452 valence electrons. The van der Waals surface area contributed by atoms with E-state index in [0.29, 0.717) is 0 Å². The zero-order valence-electron chi connectivity index (χ0n) is 53.2. The summed E-state index contributed by atoms with van der Waals surface area (Å²) in [5.74, 6) is 0. The highest BCUT2D eigenvalue weighted by Crippen LogP contribution is 2.51. The van der Waals surface area contributed by atoms with Crippen molar-refractivity contribution >= 4 is 190 Å². The molecule has 4 aliphatic rings. The van der Waals surface area contributed by atoms with Gasteiger partial charge in [0.1, 0.15) is 0 Å². The minimum atomic E-state index is -0.136. The number of hydrogen-bond donors (Lipinski definition) is 0. The lowest BCUT2D eigenvalue weighted by atomic mass is 9.33. The molecule has 18 aromatic rings. The van der Waals surface area contributed by atoms with E-state index < -0.39 is 0 Å². The van der Waals surface area contributed by atoms with Crippen LogP contribution in [0.15, 0.2) is 340 Å². The Morgan fingerprint density at radius 1 is 0.163 bits per heavy atom. The molecule has 0 amide bonds.